The maximum Gasteiger partial charge on any atom is 0.220 e. The van der Waals surface area contributed by atoms with Crippen molar-refractivity contribution in [3.8, 4) is 0 Å². The molecule has 19 heavy (non-hydrogen) atoms. The van der Waals surface area contributed by atoms with Crippen LogP contribution in [-0.2, 0) is 4.79 Å². The van der Waals surface area contributed by atoms with E-state index in [-0.39, 0.29) is 17.2 Å². The highest BCUT2D eigenvalue weighted by Crippen LogP contribution is 2.20. The number of hydrogen-bond acceptors (Lipinski definition) is 2. The molecule has 1 amide bonds. The lowest BCUT2D eigenvalue weighted by molar-refractivity contribution is -0.121. The second-order valence-electron chi connectivity index (χ2n) is 6.43. The lowest BCUT2D eigenvalue weighted by Gasteiger charge is -2.18. The van der Waals surface area contributed by atoms with Gasteiger partial charge in [-0.15, -0.1) is 0 Å². The van der Waals surface area contributed by atoms with Gasteiger partial charge in [0.25, 0.3) is 0 Å². The molecule has 3 N–H and O–H groups in total. The van der Waals surface area contributed by atoms with Gasteiger partial charge < -0.3 is 11.1 Å². The Morgan fingerprint density at radius 3 is 2.37 bits per heavy atom. The van der Waals surface area contributed by atoms with Crippen LogP contribution in [0.4, 0.5) is 5.69 Å². The van der Waals surface area contributed by atoms with Gasteiger partial charge in [-0.25, -0.2) is 0 Å². The van der Waals surface area contributed by atoms with Crippen molar-refractivity contribution in [2.45, 2.75) is 46.5 Å². The first-order valence-electron chi connectivity index (χ1n) is 6.90. The number of carbonyl (C=O) groups excluding carboxylic acids is 1. The van der Waals surface area contributed by atoms with E-state index in [4.69, 9.17) is 5.73 Å². The first-order chi connectivity index (χ1) is 8.78. The average molecular weight is 262 g/mol. The Hall–Kier alpha value is -1.51. The number of carbonyl (C=O) groups is 1. The Bertz CT molecular complexity index is 404. The van der Waals surface area contributed by atoms with Crippen LogP contribution < -0.4 is 11.1 Å². The third kappa shape index (κ3) is 6.27. The first-order valence-corrected chi connectivity index (χ1v) is 6.90. The lowest BCUT2D eigenvalue weighted by Crippen LogP contribution is -2.28. The zero-order chi connectivity index (χ0) is 14.5. The molecule has 1 atom stereocenters. The minimum absolute atomic E-state index is 0.119. The molecule has 0 saturated heterocycles. The quantitative estimate of drug-likeness (QED) is 0.800. The Morgan fingerprint density at radius 1 is 1.26 bits per heavy atom. The second-order valence-corrected chi connectivity index (χ2v) is 6.43. The Morgan fingerprint density at radius 2 is 1.84 bits per heavy atom. The molecule has 3 heteroatoms. The van der Waals surface area contributed by atoms with E-state index in [9.17, 15) is 4.79 Å². The van der Waals surface area contributed by atoms with Crippen LogP contribution in [-0.4, -0.2) is 12.5 Å². The average Bonchev–Trinajstić information content (AvgIpc) is 2.27. The van der Waals surface area contributed by atoms with Gasteiger partial charge in [0.15, 0.2) is 0 Å². The van der Waals surface area contributed by atoms with Gasteiger partial charge in [0.1, 0.15) is 0 Å². The highest BCUT2D eigenvalue weighted by molar-refractivity contribution is 5.76. The first kappa shape index (κ1) is 15.5. The van der Waals surface area contributed by atoms with E-state index in [1.54, 1.807) is 0 Å². The topological polar surface area (TPSA) is 55.1 Å². The molecule has 106 valence electrons. The number of amides is 1. The highest BCUT2D eigenvalue weighted by Gasteiger charge is 2.13. The molecule has 0 aliphatic carbocycles. The van der Waals surface area contributed by atoms with Crippen LogP contribution in [0.15, 0.2) is 24.3 Å². The summed E-state index contributed by atoms with van der Waals surface area (Å²) in [7, 11) is 0. The number of rotatable bonds is 5. The van der Waals surface area contributed by atoms with E-state index in [1.165, 1.54) is 0 Å². The van der Waals surface area contributed by atoms with Gasteiger partial charge in [0, 0.05) is 18.7 Å². The largest absolute Gasteiger partial charge is 0.399 e. The molecule has 1 unspecified atom stereocenters. The molecular formula is C16H26N2O. The maximum atomic E-state index is 11.8. The van der Waals surface area contributed by atoms with Gasteiger partial charge in [-0.05, 0) is 35.4 Å². The van der Waals surface area contributed by atoms with Gasteiger partial charge in [0.05, 0.1) is 0 Å². The molecule has 0 spiro atoms. The monoisotopic (exact) mass is 262 g/mol. The van der Waals surface area contributed by atoms with Crippen molar-refractivity contribution in [2.24, 2.45) is 5.41 Å². The summed E-state index contributed by atoms with van der Waals surface area (Å²) in [6.07, 6.45) is 1.52. The molecule has 0 aliphatic rings. The minimum atomic E-state index is 0.119. The van der Waals surface area contributed by atoms with Crippen molar-refractivity contribution < 1.29 is 4.79 Å². The normalized spacial score (nSPS) is 13.1. The molecular weight excluding hydrogens is 236 g/mol. The number of anilines is 1. The van der Waals surface area contributed by atoms with Gasteiger partial charge in [-0.1, -0.05) is 39.8 Å². The van der Waals surface area contributed by atoms with Crippen LogP contribution in [0.3, 0.4) is 0 Å². The fourth-order valence-corrected chi connectivity index (χ4v) is 1.87. The summed E-state index contributed by atoms with van der Waals surface area (Å²) in [6.45, 7) is 9.34. The molecule has 0 radical (unpaired) electrons. The third-order valence-corrected chi connectivity index (χ3v) is 3.19. The smallest absolute Gasteiger partial charge is 0.220 e. The summed E-state index contributed by atoms with van der Waals surface area (Å²) in [4.78, 5) is 11.8. The summed E-state index contributed by atoms with van der Waals surface area (Å²) >= 11 is 0. The summed E-state index contributed by atoms with van der Waals surface area (Å²) in [5.41, 5.74) is 7.82. The minimum Gasteiger partial charge on any atom is -0.399 e. The molecule has 0 bridgehead atoms. The summed E-state index contributed by atoms with van der Waals surface area (Å²) in [5.74, 6) is 0.337. The van der Waals surface area contributed by atoms with Crippen LogP contribution in [0.5, 0.6) is 0 Å². The molecule has 0 heterocycles. The number of nitrogens with two attached hydrogens (primary N) is 1. The number of benzene rings is 1. The maximum absolute atomic E-state index is 11.8. The van der Waals surface area contributed by atoms with Crippen LogP contribution in [0.25, 0.3) is 0 Å². The van der Waals surface area contributed by atoms with Gasteiger partial charge in [-0.3, -0.25) is 4.79 Å². The zero-order valence-electron chi connectivity index (χ0n) is 12.5. The van der Waals surface area contributed by atoms with Crippen LogP contribution in [0, 0.1) is 5.41 Å². The second kappa shape index (κ2) is 6.60. The number of nitrogens with one attached hydrogen (secondary N) is 1. The summed E-state index contributed by atoms with van der Waals surface area (Å²) in [5, 5.41) is 2.99. The molecule has 0 saturated carbocycles. The Labute approximate surface area is 116 Å². The van der Waals surface area contributed by atoms with Crippen molar-refractivity contribution >= 4 is 11.6 Å². The van der Waals surface area contributed by atoms with Crippen molar-refractivity contribution in [3.63, 3.8) is 0 Å². The van der Waals surface area contributed by atoms with Gasteiger partial charge in [-0.2, -0.15) is 0 Å². The highest BCUT2D eigenvalue weighted by atomic mass is 16.1. The van der Waals surface area contributed by atoms with E-state index in [1.807, 2.05) is 24.3 Å². The van der Waals surface area contributed by atoms with Gasteiger partial charge >= 0.3 is 0 Å². The van der Waals surface area contributed by atoms with Crippen molar-refractivity contribution in [3.05, 3.63) is 29.8 Å². The van der Waals surface area contributed by atoms with Crippen LogP contribution in [0.1, 0.15) is 52.0 Å². The predicted octanol–water partition coefficient (Wildman–Crippen LogP) is 3.31. The van der Waals surface area contributed by atoms with Crippen LogP contribution >= 0.6 is 0 Å². The van der Waals surface area contributed by atoms with Gasteiger partial charge in [0.2, 0.25) is 5.91 Å². The molecule has 1 rings (SSSR count). The Balaban J connectivity index is 2.38. The van der Waals surface area contributed by atoms with Crippen molar-refractivity contribution in [1.82, 2.24) is 5.32 Å². The van der Waals surface area contributed by atoms with Crippen molar-refractivity contribution in [1.29, 1.82) is 0 Å². The molecule has 0 aliphatic heterocycles. The van der Waals surface area contributed by atoms with E-state index in [0.29, 0.717) is 6.42 Å². The van der Waals surface area contributed by atoms with Crippen LogP contribution in [0.2, 0.25) is 0 Å². The summed E-state index contributed by atoms with van der Waals surface area (Å²) in [6, 6.07) is 7.73. The SMILES string of the molecule is CC(CC(=O)NCCC(C)(C)C)c1ccc(N)cc1. The molecule has 1 aromatic rings. The lowest BCUT2D eigenvalue weighted by atomic mass is 9.92. The van der Waals surface area contributed by atoms with E-state index >= 15 is 0 Å². The summed E-state index contributed by atoms with van der Waals surface area (Å²) < 4.78 is 0. The molecule has 3 nitrogen and oxygen atoms in total. The van der Waals surface area contributed by atoms with Crippen molar-refractivity contribution in [2.75, 3.05) is 12.3 Å². The number of hydrogen-bond donors (Lipinski definition) is 2. The standard InChI is InChI=1S/C16H26N2O/c1-12(13-5-7-14(17)8-6-13)11-15(19)18-10-9-16(2,3)4/h5-8,12H,9-11,17H2,1-4H3,(H,18,19). The fourth-order valence-electron chi connectivity index (χ4n) is 1.87. The molecule has 0 fully saturated rings. The Kier molecular flexibility index (Phi) is 5.40. The number of nitrogen functional groups attached to an aromatic ring is 1. The predicted molar refractivity (Wildman–Crippen MR) is 81.0 cm³/mol. The fraction of sp³-hybridized carbons (Fsp3) is 0.562. The zero-order valence-corrected chi connectivity index (χ0v) is 12.5. The van der Waals surface area contributed by atoms with E-state index in [2.05, 4.69) is 33.0 Å². The molecule has 0 aromatic heterocycles. The third-order valence-electron chi connectivity index (χ3n) is 3.19. The van der Waals surface area contributed by atoms with E-state index < -0.39 is 0 Å². The molecule has 1 aromatic carbocycles. The van der Waals surface area contributed by atoms with E-state index in [0.717, 1.165) is 24.2 Å².